The van der Waals surface area contributed by atoms with E-state index in [-0.39, 0.29) is 54.8 Å². The Morgan fingerprint density at radius 3 is 2.46 bits per heavy atom. The van der Waals surface area contributed by atoms with Gasteiger partial charge in [0.05, 0.1) is 36.8 Å². The standard InChI is InChI=1S/C37H53N3O6/c1-26-23-40(27(2)25-41)37(44)32-22-31(38-35(42)21-29-14-7-5-8-15-29)18-19-33(32)46-28(3)13-11-12-20-45-34(26)24-39(4)36(43)30-16-9-6-10-17-30/h5,7-8,14-15,18-19,22,26-28,30,34,41H,6,9-13,16-17,20-21,23-25H2,1-4H3,(H,38,42)/t26-,27+,28+,34+/m1/s1. The molecule has 1 fully saturated rings. The maximum Gasteiger partial charge on any atom is 0.258 e. The van der Waals surface area contributed by atoms with E-state index in [4.69, 9.17) is 9.47 Å². The molecule has 4 rings (SSSR count). The molecule has 1 aliphatic heterocycles. The SMILES string of the molecule is C[C@@H]1CN([C@@H](C)CO)C(=O)c2cc(NC(=O)Cc3ccccc3)ccc2O[C@@H](C)CCCCO[C@H]1CN(C)C(=O)C1CCCCC1. The summed E-state index contributed by atoms with van der Waals surface area (Å²) in [6, 6.07) is 14.2. The lowest BCUT2D eigenvalue weighted by Crippen LogP contribution is -2.48. The lowest BCUT2D eigenvalue weighted by Gasteiger charge is -2.36. The highest BCUT2D eigenvalue weighted by Gasteiger charge is 2.32. The summed E-state index contributed by atoms with van der Waals surface area (Å²) in [6.45, 7) is 6.94. The number of hydrogen-bond acceptors (Lipinski definition) is 6. The molecule has 1 saturated carbocycles. The number of fused-ring (bicyclic) bond motifs is 1. The van der Waals surface area contributed by atoms with Crippen LogP contribution in [-0.2, 0) is 20.7 Å². The maximum absolute atomic E-state index is 14.3. The van der Waals surface area contributed by atoms with Gasteiger partial charge in [-0.25, -0.2) is 0 Å². The van der Waals surface area contributed by atoms with Crippen molar-refractivity contribution in [3.63, 3.8) is 0 Å². The third-order valence-electron chi connectivity index (χ3n) is 9.33. The number of carbonyl (C=O) groups excluding carboxylic acids is 3. The van der Waals surface area contributed by atoms with E-state index in [1.807, 2.05) is 63.1 Å². The van der Waals surface area contributed by atoms with Crippen LogP contribution in [0.2, 0.25) is 0 Å². The highest BCUT2D eigenvalue weighted by atomic mass is 16.5. The molecular weight excluding hydrogens is 582 g/mol. The molecule has 1 heterocycles. The van der Waals surface area contributed by atoms with Crippen molar-refractivity contribution in [1.82, 2.24) is 9.80 Å². The Bertz CT molecular complexity index is 1280. The molecule has 4 atom stereocenters. The van der Waals surface area contributed by atoms with Crippen LogP contribution in [0.1, 0.15) is 88.1 Å². The smallest absolute Gasteiger partial charge is 0.258 e. The number of ether oxygens (including phenoxy) is 2. The van der Waals surface area contributed by atoms with Crippen LogP contribution in [0.3, 0.4) is 0 Å². The lowest BCUT2D eigenvalue weighted by molar-refractivity contribution is -0.138. The fourth-order valence-electron chi connectivity index (χ4n) is 6.47. The number of carbonyl (C=O) groups is 3. The van der Waals surface area contributed by atoms with Gasteiger partial charge < -0.3 is 29.7 Å². The quantitative estimate of drug-likeness (QED) is 0.385. The van der Waals surface area contributed by atoms with Crippen LogP contribution in [0, 0.1) is 11.8 Å². The fourth-order valence-corrected chi connectivity index (χ4v) is 6.47. The van der Waals surface area contributed by atoms with Gasteiger partial charge in [0.2, 0.25) is 11.8 Å². The van der Waals surface area contributed by atoms with Gasteiger partial charge in [0, 0.05) is 44.3 Å². The zero-order chi connectivity index (χ0) is 33.1. The summed E-state index contributed by atoms with van der Waals surface area (Å²) in [4.78, 5) is 44.0. The monoisotopic (exact) mass is 635 g/mol. The Labute approximate surface area is 274 Å². The molecule has 0 aromatic heterocycles. The number of amides is 3. The van der Waals surface area contributed by atoms with Gasteiger partial charge in [-0.2, -0.15) is 0 Å². The second-order valence-corrected chi connectivity index (χ2v) is 13.3. The molecule has 0 spiro atoms. The van der Waals surface area contributed by atoms with Gasteiger partial charge in [0.25, 0.3) is 5.91 Å². The van der Waals surface area contributed by atoms with Crippen molar-refractivity contribution >= 4 is 23.4 Å². The fraction of sp³-hybridized carbons (Fsp3) is 0.595. The van der Waals surface area contributed by atoms with E-state index in [9.17, 15) is 19.5 Å². The summed E-state index contributed by atoms with van der Waals surface area (Å²) in [5, 5.41) is 13.2. The predicted molar refractivity (Wildman–Crippen MR) is 180 cm³/mol. The topological polar surface area (TPSA) is 108 Å². The van der Waals surface area contributed by atoms with Crippen molar-refractivity contribution < 1.29 is 29.0 Å². The number of aliphatic hydroxyl groups excluding tert-OH is 1. The summed E-state index contributed by atoms with van der Waals surface area (Å²) in [5.74, 6) is 0.0874. The molecule has 0 saturated heterocycles. The summed E-state index contributed by atoms with van der Waals surface area (Å²) in [6.07, 6.45) is 7.58. The number of benzene rings is 2. The van der Waals surface area contributed by atoms with Crippen molar-refractivity contribution in [3.8, 4) is 5.75 Å². The first kappa shape index (κ1) is 35.4. The number of nitrogens with one attached hydrogen (secondary N) is 1. The highest BCUT2D eigenvalue weighted by molar-refractivity contribution is 6.00. The Balaban J connectivity index is 1.58. The summed E-state index contributed by atoms with van der Waals surface area (Å²) in [7, 11) is 1.86. The van der Waals surface area contributed by atoms with Crippen LogP contribution in [0.4, 0.5) is 5.69 Å². The van der Waals surface area contributed by atoms with Gasteiger partial charge in [0.1, 0.15) is 5.75 Å². The van der Waals surface area contributed by atoms with Crippen molar-refractivity contribution in [3.05, 3.63) is 59.7 Å². The van der Waals surface area contributed by atoms with Crippen molar-refractivity contribution in [2.45, 2.75) is 96.8 Å². The molecule has 2 aliphatic rings. The lowest BCUT2D eigenvalue weighted by atomic mass is 9.88. The molecule has 0 radical (unpaired) electrons. The van der Waals surface area contributed by atoms with E-state index in [0.29, 0.717) is 36.7 Å². The summed E-state index contributed by atoms with van der Waals surface area (Å²) < 4.78 is 12.7. The van der Waals surface area contributed by atoms with Crippen LogP contribution in [0.5, 0.6) is 5.75 Å². The summed E-state index contributed by atoms with van der Waals surface area (Å²) >= 11 is 0. The van der Waals surface area contributed by atoms with Crippen LogP contribution in [-0.4, -0.2) is 84.2 Å². The second-order valence-electron chi connectivity index (χ2n) is 13.3. The molecule has 0 unspecified atom stereocenters. The van der Waals surface area contributed by atoms with E-state index >= 15 is 0 Å². The van der Waals surface area contributed by atoms with E-state index < -0.39 is 6.04 Å². The zero-order valence-corrected chi connectivity index (χ0v) is 28.1. The average molecular weight is 636 g/mol. The molecule has 9 nitrogen and oxygen atoms in total. The molecule has 1 aliphatic carbocycles. The Kier molecular flexibility index (Phi) is 13.5. The molecule has 2 aromatic carbocycles. The van der Waals surface area contributed by atoms with E-state index in [2.05, 4.69) is 5.32 Å². The van der Waals surface area contributed by atoms with Gasteiger partial charge >= 0.3 is 0 Å². The zero-order valence-electron chi connectivity index (χ0n) is 28.1. The Hall–Kier alpha value is -3.43. The molecule has 0 bridgehead atoms. The van der Waals surface area contributed by atoms with E-state index in [1.165, 1.54) is 6.42 Å². The first-order valence-corrected chi connectivity index (χ1v) is 17.1. The van der Waals surface area contributed by atoms with Crippen LogP contribution >= 0.6 is 0 Å². The minimum absolute atomic E-state index is 0.0698. The molecular formula is C37H53N3O6. The number of likely N-dealkylation sites (N-methyl/N-ethyl adjacent to an activating group) is 1. The van der Waals surface area contributed by atoms with Crippen molar-refractivity contribution in [2.75, 3.05) is 38.7 Å². The van der Waals surface area contributed by atoms with Gasteiger partial charge in [-0.1, -0.05) is 56.5 Å². The number of hydrogen-bond donors (Lipinski definition) is 2. The van der Waals surface area contributed by atoms with Gasteiger partial charge in [-0.05, 0) is 69.7 Å². The first-order chi connectivity index (χ1) is 22.2. The molecule has 252 valence electrons. The third kappa shape index (κ3) is 10.0. The molecule has 2 aromatic rings. The average Bonchev–Trinajstić information content (AvgIpc) is 3.06. The third-order valence-corrected chi connectivity index (χ3v) is 9.33. The van der Waals surface area contributed by atoms with Crippen molar-refractivity contribution in [1.29, 1.82) is 0 Å². The molecule has 2 N–H and O–H groups in total. The number of anilines is 1. The van der Waals surface area contributed by atoms with Crippen molar-refractivity contribution in [2.24, 2.45) is 11.8 Å². The van der Waals surface area contributed by atoms with Crippen LogP contribution in [0.25, 0.3) is 0 Å². The Morgan fingerprint density at radius 1 is 1.02 bits per heavy atom. The molecule has 9 heteroatoms. The number of nitrogens with zero attached hydrogens (tertiary/aromatic N) is 2. The largest absolute Gasteiger partial charge is 0.490 e. The van der Waals surface area contributed by atoms with E-state index in [0.717, 1.165) is 50.5 Å². The first-order valence-electron chi connectivity index (χ1n) is 17.1. The predicted octanol–water partition coefficient (Wildman–Crippen LogP) is 5.70. The van der Waals surface area contributed by atoms with Gasteiger partial charge in [0.15, 0.2) is 0 Å². The second kappa shape index (κ2) is 17.5. The van der Waals surface area contributed by atoms with Gasteiger partial charge in [-0.3, -0.25) is 14.4 Å². The van der Waals surface area contributed by atoms with Gasteiger partial charge in [-0.15, -0.1) is 0 Å². The minimum Gasteiger partial charge on any atom is -0.490 e. The summed E-state index contributed by atoms with van der Waals surface area (Å²) in [5.41, 5.74) is 1.72. The minimum atomic E-state index is -0.480. The number of rotatable bonds is 8. The highest BCUT2D eigenvalue weighted by Crippen LogP contribution is 2.29. The molecule has 3 amide bonds. The van der Waals surface area contributed by atoms with E-state index in [1.54, 1.807) is 23.1 Å². The van der Waals surface area contributed by atoms with Crippen LogP contribution < -0.4 is 10.1 Å². The molecule has 46 heavy (non-hydrogen) atoms. The maximum atomic E-state index is 14.3. The Morgan fingerprint density at radius 2 is 1.74 bits per heavy atom. The number of aliphatic hydroxyl groups is 1. The normalized spacial score (nSPS) is 22.6. The van der Waals surface area contributed by atoms with Crippen LogP contribution in [0.15, 0.2) is 48.5 Å².